The minimum absolute atomic E-state index is 0.00439. The molecule has 0 aliphatic rings. The van der Waals surface area contributed by atoms with Gasteiger partial charge in [0.2, 0.25) is 0 Å². The fourth-order valence-electron chi connectivity index (χ4n) is 3.01. The van der Waals surface area contributed by atoms with E-state index < -0.39 is 22.5 Å². The lowest BCUT2D eigenvalue weighted by Gasteiger charge is -2.12. The van der Waals surface area contributed by atoms with Gasteiger partial charge in [-0.15, -0.1) is 0 Å². The number of nitrogens with zero attached hydrogens (tertiary/aromatic N) is 2. The smallest absolute Gasteiger partial charge is 0.268 e. The van der Waals surface area contributed by atoms with E-state index in [-0.39, 0.29) is 17.9 Å². The Kier molecular flexibility index (Phi) is 6.57. The Morgan fingerprint density at radius 2 is 1.83 bits per heavy atom. The first-order valence-corrected chi connectivity index (χ1v) is 10.3. The maximum atomic E-state index is 13.0. The van der Waals surface area contributed by atoms with Crippen molar-refractivity contribution in [1.29, 1.82) is 5.26 Å². The second kappa shape index (κ2) is 9.31. The number of nitriles is 1. The molecule has 0 spiro atoms. The monoisotopic (exact) mass is 421 g/mol. The molecule has 0 aliphatic heterocycles. The van der Waals surface area contributed by atoms with E-state index in [1.807, 2.05) is 6.07 Å². The average Bonchev–Trinajstić information content (AvgIpc) is 2.73. The molecule has 0 radical (unpaired) electrons. The summed E-state index contributed by atoms with van der Waals surface area (Å²) in [5, 5.41) is 11.8. The topological polar surface area (TPSA) is 112 Å². The molecule has 7 nitrogen and oxygen atoms in total. The van der Waals surface area contributed by atoms with Crippen LogP contribution in [0.1, 0.15) is 32.7 Å². The quantitative estimate of drug-likeness (QED) is 0.594. The summed E-state index contributed by atoms with van der Waals surface area (Å²) in [4.78, 5) is 25.6. The minimum Gasteiger partial charge on any atom is -0.348 e. The molecule has 3 rings (SSSR count). The first-order valence-electron chi connectivity index (χ1n) is 9.05. The van der Waals surface area contributed by atoms with Gasteiger partial charge in [-0.2, -0.15) is 5.26 Å². The highest BCUT2D eigenvalue weighted by molar-refractivity contribution is 7.78. The Balaban J connectivity index is 1.80. The molecule has 2 aromatic carbocycles. The van der Waals surface area contributed by atoms with Crippen molar-refractivity contribution in [2.45, 2.75) is 19.2 Å². The second-order valence-electron chi connectivity index (χ2n) is 6.66. The van der Waals surface area contributed by atoms with Gasteiger partial charge in [0, 0.05) is 12.2 Å². The van der Waals surface area contributed by atoms with E-state index in [2.05, 4.69) is 5.32 Å². The SMILES string of the molecule is Cc1ccc(C(=O)NCc2ccc(CS(=O)O)cc2)c(=O)n1-c1cccc(C#N)c1. The first kappa shape index (κ1) is 21.2. The van der Waals surface area contributed by atoms with Crippen LogP contribution in [0.3, 0.4) is 0 Å². The number of benzene rings is 2. The lowest BCUT2D eigenvalue weighted by Crippen LogP contribution is -2.33. The molecule has 2 N–H and O–H groups in total. The Morgan fingerprint density at radius 3 is 2.50 bits per heavy atom. The van der Waals surface area contributed by atoms with Crippen LogP contribution in [0.15, 0.2) is 65.5 Å². The molecule has 1 atom stereocenters. The van der Waals surface area contributed by atoms with E-state index in [1.54, 1.807) is 61.5 Å². The zero-order valence-electron chi connectivity index (χ0n) is 16.2. The molecule has 1 amide bonds. The normalized spacial score (nSPS) is 11.5. The van der Waals surface area contributed by atoms with Crippen LogP contribution in [-0.2, 0) is 23.4 Å². The Morgan fingerprint density at radius 1 is 1.13 bits per heavy atom. The molecule has 8 heteroatoms. The number of carbonyl (C=O) groups is 1. The fourth-order valence-corrected chi connectivity index (χ4v) is 3.49. The zero-order chi connectivity index (χ0) is 21.7. The van der Waals surface area contributed by atoms with Gasteiger partial charge in [0.15, 0.2) is 11.1 Å². The maximum Gasteiger partial charge on any atom is 0.268 e. The van der Waals surface area contributed by atoms with Gasteiger partial charge >= 0.3 is 0 Å². The highest BCUT2D eigenvalue weighted by Gasteiger charge is 2.15. The molecule has 1 aromatic heterocycles. The molecule has 0 aliphatic carbocycles. The number of aryl methyl sites for hydroxylation is 1. The number of aromatic nitrogens is 1. The molecule has 1 heterocycles. The first-order chi connectivity index (χ1) is 14.4. The number of carbonyl (C=O) groups excluding carboxylic acids is 1. The molecule has 0 saturated heterocycles. The number of hydrogen-bond donors (Lipinski definition) is 2. The summed E-state index contributed by atoms with van der Waals surface area (Å²) >= 11 is -1.91. The van der Waals surface area contributed by atoms with E-state index in [0.717, 1.165) is 5.56 Å². The molecule has 0 bridgehead atoms. The number of amides is 1. The Labute approximate surface area is 175 Å². The van der Waals surface area contributed by atoms with Gasteiger partial charge in [-0.25, -0.2) is 4.21 Å². The number of hydrogen-bond acceptors (Lipinski definition) is 4. The van der Waals surface area contributed by atoms with E-state index in [0.29, 0.717) is 22.5 Å². The molecule has 3 aromatic rings. The van der Waals surface area contributed by atoms with Gasteiger partial charge in [-0.3, -0.25) is 14.2 Å². The van der Waals surface area contributed by atoms with Gasteiger partial charge < -0.3 is 9.87 Å². The van der Waals surface area contributed by atoms with E-state index >= 15 is 0 Å². The Hall–Kier alpha value is -3.54. The van der Waals surface area contributed by atoms with Crippen molar-refractivity contribution < 1.29 is 13.6 Å². The summed E-state index contributed by atoms with van der Waals surface area (Å²) in [6.07, 6.45) is 0. The number of rotatable bonds is 6. The van der Waals surface area contributed by atoms with Gasteiger partial charge in [0.25, 0.3) is 11.5 Å². The van der Waals surface area contributed by atoms with E-state index in [4.69, 9.17) is 9.81 Å². The van der Waals surface area contributed by atoms with Crippen LogP contribution in [0.5, 0.6) is 0 Å². The molecule has 0 fully saturated rings. The van der Waals surface area contributed by atoms with Gasteiger partial charge in [-0.05, 0) is 48.4 Å². The van der Waals surface area contributed by atoms with Gasteiger partial charge in [0.1, 0.15) is 5.56 Å². The largest absolute Gasteiger partial charge is 0.348 e. The minimum atomic E-state index is -1.91. The van der Waals surface area contributed by atoms with Crippen molar-refractivity contribution >= 4 is 17.0 Å². The highest BCUT2D eigenvalue weighted by atomic mass is 32.2. The molecular formula is C22H19N3O4S. The van der Waals surface area contributed by atoms with E-state index in [1.165, 1.54) is 10.6 Å². The third-order valence-corrected chi connectivity index (χ3v) is 5.10. The van der Waals surface area contributed by atoms with Crippen LogP contribution >= 0.6 is 0 Å². The fraction of sp³-hybridized carbons (Fsp3) is 0.136. The van der Waals surface area contributed by atoms with Crippen LogP contribution in [0, 0.1) is 18.3 Å². The van der Waals surface area contributed by atoms with Gasteiger partial charge in [0.05, 0.1) is 23.1 Å². The van der Waals surface area contributed by atoms with Crippen molar-refractivity contribution in [3.8, 4) is 11.8 Å². The van der Waals surface area contributed by atoms with Gasteiger partial charge in [-0.1, -0.05) is 30.3 Å². The van der Waals surface area contributed by atoms with E-state index in [9.17, 15) is 13.8 Å². The second-order valence-corrected chi connectivity index (χ2v) is 7.59. The summed E-state index contributed by atoms with van der Waals surface area (Å²) in [7, 11) is 0. The third-order valence-electron chi connectivity index (χ3n) is 4.52. The third kappa shape index (κ3) is 4.89. The summed E-state index contributed by atoms with van der Waals surface area (Å²) in [5.41, 5.74) is 2.62. The van der Waals surface area contributed by atoms with Crippen LogP contribution in [0.4, 0.5) is 0 Å². The van der Waals surface area contributed by atoms with Crippen LogP contribution in [0.2, 0.25) is 0 Å². The van der Waals surface area contributed by atoms with Crippen molar-refractivity contribution in [1.82, 2.24) is 9.88 Å². The molecule has 30 heavy (non-hydrogen) atoms. The predicted octanol–water partition coefficient (Wildman–Crippen LogP) is 2.67. The number of nitrogens with one attached hydrogen (secondary N) is 1. The number of pyridine rings is 1. The lowest BCUT2D eigenvalue weighted by atomic mass is 10.1. The highest BCUT2D eigenvalue weighted by Crippen LogP contribution is 2.12. The molecule has 0 saturated carbocycles. The molecule has 152 valence electrons. The standard InChI is InChI=1S/C22H19N3O4S/c1-15-5-10-20(22(27)25(15)19-4-2-3-18(11-19)12-23)21(26)24-13-16-6-8-17(9-7-16)14-30(28)29/h2-11H,13-14H2,1H3,(H,24,26)(H,28,29). The molecule has 1 unspecified atom stereocenters. The lowest BCUT2D eigenvalue weighted by molar-refractivity contribution is 0.0949. The summed E-state index contributed by atoms with van der Waals surface area (Å²) in [6, 6.07) is 18.8. The summed E-state index contributed by atoms with van der Waals surface area (Å²) < 4.78 is 21.2. The maximum absolute atomic E-state index is 13.0. The van der Waals surface area contributed by atoms with Crippen molar-refractivity contribution in [2.24, 2.45) is 0 Å². The predicted molar refractivity (Wildman–Crippen MR) is 114 cm³/mol. The van der Waals surface area contributed by atoms with Crippen LogP contribution in [0.25, 0.3) is 5.69 Å². The Bertz CT molecular complexity index is 1210. The summed E-state index contributed by atoms with van der Waals surface area (Å²) in [6.45, 7) is 1.96. The van der Waals surface area contributed by atoms with Crippen LogP contribution in [-0.4, -0.2) is 19.2 Å². The van der Waals surface area contributed by atoms with Crippen molar-refractivity contribution in [2.75, 3.05) is 0 Å². The van der Waals surface area contributed by atoms with Crippen molar-refractivity contribution in [3.05, 3.63) is 99.0 Å². The summed E-state index contributed by atoms with van der Waals surface area (Å²) in [5.74, 6) is -0.464. The average molecular weight is 421 g/mol. The van der Waals surface area contributed by atoms with Crippen molar-refractivity contribution in [3.63, 3.8) is 0 Å². The molecular weight excluding hydrogens is 402 g/mol. The van der Waals surface area contributed by atoms with Crippen LogP contribution < -0.4 is 10.9 Å². The zero-order valence-corrected chi connectivity index (χ0v) is 17.0.